The van der Waals surface area contributed by atoms with Gasteiger partial charge in [-0.25, -0.2) is 0 Å². The van der Waals surface area contributed by atoms with Crippen LogP contribution in [0, 0.1) is 11.3 Å². The fraction of sp³-hybridized carbons (Fsp3) is 0.278. The van der Waals surface area contributed by atoms with Gasteiger partial charge < -0.3 is 15.0 Å². The quantitative estimate of drug-likeness (QED) is 0.907. The third-order valence-corrected chi connectivity index (χ3v) is 3.93. The average molecular weight is 322 g/mol. The number of rotatable bonds is 5. The Kier molecular flexibility index (Phi) is 4.92. The highest BCUT2D eigenvalue weighted by molar-refractivity contribution is 5.78. The van der Waals surface area contributed by atoms with Gasteiger partial charge in [0.1, 0.15) is 11.8 Å². The molecule has 1 aromatic heterocycles. The molecule has 2 aromatic rings. The number of hydrogen-bond donors (Lipinski definition) is 1. The minimum Gasteiger partial charge on any atom is -0.482 e. The summed E-state index contributed by atoms with van der Waals surface area (Å²) < 4.78 is 5.45. The molecule has 6 nitrogen and oxygen atoms in total. The van der Waals surface area contributed by atoms with Crippen LogP contribution in [0.4, 0.5) is 5.69 Å². The van der Waals surface area contributed by atoms with E-state index in [-0.39, 0.29) is 18.6 Å². The lowest BCUT2D eigenvalue weighted by Gasteiger charge is -2.18. The van der Waals surface area contributed by atoms with Gasteiger partial charge in [-0.1, -0.05) is 12.1 Å². The topological polar surface area (TPSA) is 78.2 Å². The number of nitrogens with one attached hydrogen (secondary N) is 1. The zero-order valence-electron chi connectivity index (χ0n) is 13.2. The van der Waals surface area contributed by atoms with Gasteiger partial charge in [0.2, 0.25) is 0 Å². The molecule has 0 aliphatic carbocycles. The largest absolute Gasteiger partial charge is 0.482 e. The minimum atomic E-state index is -0.180. The first-order valence-corrected chi connectivity index (χ1v) is 7.82. The van der Waals surface area contributed by atoms with Crippen LogP contribution >= 0.6 is 0 Å². The Morgan fingerprint density at radius 3 is 3.04 bits per heavy atom. The van der Waals surface area contributed by atoms with Crippen molar-refractivity contribution >= 4 is 11.6 Å². The van der Waals surface area contributed by atoms with Gasteiger partial charge in [-0.3, -0.25) is 9.78 Å². The normalized spacial score (nSPS) is 16.5. The van der Waals surface area contributed by atoms with Gasteiger partial charge >= 0.3 is 0 Å². The summed E-state index contributed by atoms with van der Waals surface area (Å²) in [4.78, 5) is 18.4. The molecule has 1 fully saturated rings. The van der Waals surface area contributed by atoms with Gasteiger partial charge in [-0.15, -0.1) is 0 Å². The number of carbonyl (C=O) groups excluding carboxylic acids is 1. The fourth-order valence-corrected chi connectivity index (χ4v) is 2.75. The molecule has 0 spiro atoms. The maximum absolute atomic E-state index is 12.1. The number of nitrogens with zero attached hydrogens (tertiary/aromatic N) is 3. The van der Waals surface area contributed by atoms with E-state index in [1.54, 1.807) is 30.5 Å². The Labute approximate surface area is 140 Å². The second-order valence-electron chi connectivity index (χ2n) is 5.61. The number of nitriles is 1. The SMILES string of the molecule is N#Cc1ccccc1OCC(=O)NC1CCN(c2cccnc2)C1. The zero-order valence-corrected chi connectivity index (χ0v) is 13.2. The lowest BCUT2D eigenvalue weighted by atomic mass is 10.2. The first-order valence-electron chi connectivity index (χ1n) is 7.82. The van der Waals surface area contributed by atoms with Crippen molar-refractivity contribution in [1.82, 2.24) is 10.3 Å². The van der Waals surface area contributed by atoms with Crippen molar-refractivity contribution in [3.63, 3.8) is 0 Å². The van der Waals surface area contributed by atoms with Crippen LogP contribution in [0.15, 0.2) is 48.8 Å². The predicted molar refractivity (Wildman–Crippen MR) is 89.6 cm³/mol. The number of hydrogen-bond acceptors (Lipinski definition) is 5. The van der Waals surface area contributed by atoms with E-state index in [0.29, 0.717) is 11.3 Å². The Morgan fingerprint density at radius 1 is 1.38 bits per heavy atom. The Hall–Kier alpha value is -3.07. The standard InChI is InChI=1S/C18H18N4O2/c19-10-14-4-1-2-6-17(14)24-13-18(23)21-15-7-9-22(12-15)16-5-3-8-20-11-16/h1-6,8,11,15H,7,9,12-13H2,(H,21,23). The number of amides is 1. The second-order valence-corrected chi connectivity index (χ2v) is 5.61. The smallest absolute Gasteiger partial charge is 0.258 e. The summed E-state index contributed by atoms with van der Waals surface area (Å²) in [6, 6.07) is 12.9. The summed E-state index contributed by atoms with van der Waals surface area (Å²) in [6.07, 6.45) is 4.46. The first kappa shape index (κ1) is 15.8. The van der Waals surface area contributed by atoms with Crippen LogP contribution in [0.25, 0.3) is 0 Å². The van der Waals surface area contributed by atoms with Crippen LogP contribution in [0.5, 0.6) is 5.75 Å². The number of pyridine rings is 1. The van der Waals surface area contributed by atoms with Crippen molar-refractivity contribution in [3.05, 3.63) is 54.4 Å². The van der Waals surface area contributed by atoms with E-state index in [1.165, 1.54) is 0 Å². The van der Waals surface area contributed by atoms with Gasteiger partial charge in [-0.2, -0.15) is 5.26 Å². The molecule has 1 saturated heterocycles. The van der Waals surface area contributed by atoms with Gasteiger partial charge in [0.25, 0.3) is 5.91 Å². The van der Waals surface area contributed by atoms with Crippen molar-refractivity contribution in [2.24, 2.45) is 0 Å². The molecule has 1 unspecified atom stereocenters. The van der Waals surface area contributed by atoms with Crippen LogP contribution in [-0.2, 0) is 4.79 Å². The summed E-state index contributed by atoms with van der Waals surface area (Å²) in [6.45, 7) is 1.54. The molecule has 1 aliphatic heterocycles. The minimum absolute atomic E-state index is 0.0903. The first-order chi connectivity index (χ1) is 11.8. The molecule has 0 saturated carbocycles. The van der Waals surface area contributed by atoms with E-state index in [4.69, 9.17) is 10.00 Å². The molecule has 1 aromatic carbocycles. The lowest BCUT2D eigenvalue weighted by molar-refractivity contribution is -0.123. The third-order valence-electron chi connectivity index (χ3n) is 3.93. The van der Waals surface area contributed by atoms with E-state index in [1.807, 2.05) is 24.4 Å². The lowest BCUT2D eigenvalue weighted by Crippen LogP contribution is -2.39. The van der Waals surface area contributed by atoms with Crippen LogP contribution < -0.4 is 15.0 Å². The number of benzene rings is 1. The molecule has 0 radical (unpaired) electrons. The summed E-state index contributed by atoms with van der Waals surface area (Å²) >= 11 is 0. The van der Waals surface area contributed by atoms with Crippen LogP contribution in [-0.4, -0.2) is 36.6 Å². The van der Waals surface area contributed by atoms with E-state index >= 15 is 0 Å². The highest BCUT2D eigenvalue weighted by Gasteiger charge is 2.24. The molecule has 1 aliphatic rings. The monoisotopic (exact) mass is 322 g/mol. The molecular formula is C18H18N4O2. The van der Waals surface area contributed by atoms with E-state index in [9.17, 15) is 4.79 Å². The highest BCUT2D eigenvalue weighted by Crippen LogP contribution is 2.19. The molecule has 0 bridgehead atoms. The van der Waals surface area contributed by atoms with Crippen molar-refractivity contribution in [2.45, 2.75) is 12.5 Å². The molecule has 2 heterocycles. The number of carbonyl (C=O) groups is 1. The van der Waals surface area contributed by atoms with Crippen molar-refractivity contribution in [1.29, 1.82) is 5.26 Å². The van der Waals surface area contributed by atoms with E-state index in [0.717, 1.165) is 25.2 Å². The summed E-state index contributed by atoms with van der Waals surface area (Å²) in [5.74, 6) is 0.249. The fourth-order valence-electron chi connectivity index (χ4n) is 2.75. The molecule has 122 valence electrons. The Bertz CT molecular complexity index is 742. The second kappa shape index (κ2) is 7.47. The maximum Gasteiger partial charge on any atom is 0.258 e. The van der Waals surface area contributed by atoms with Gasteiger partial charge in [0.05, 0.1) is 17.4 Å². The van der Waals surface area contributed by atoms with Gasteiger partial charge in [-0.05, 0) is 30.7 Å². The van der Waals surface area contributed by atoms with Crippen LogP contribution in [0.2, 0.25) is 0 Å². The number of ether oxygens (including phenoxy) is 1. The van der Waals surface area contributed by atoms with E-state index < -0.39 is 0 Å². The van der Waals surface area contributed by atoms with Crippen LogP contribution in [0.1, 0.15) is 12.0 Å². The van der Waals surface area contributed by atoms with Crippen LogP contribution in [0.3, 0.4) is 0 Å². The molecule has 3 rings (SSSR count). The molecule has 1 N–H and O–H groups in total. The van der Waals surface area contributed by atoms with E-state index in [2.05, 4.69) is 15.2 Å². The third kappa shape index (κ3) is 3.82. The number of para-hydroxylation sites is 1. The van der Waals surface area contributed by atoms with Crippen molar-refractivity contribution in [3.8, 4) is 11.8 Å². The summed E-state index contributed by atoms with van der Waals surface area (Å²) in [5.41, 5.74) is 1.49. The molecule has 1 atom stereocenters. The number of aromatic nitrogens is 1. The summed E-state index contributed by atoms with van der Waals surface area (Å²) in [5, 5.41) is 12.0. The zero-order chi connectivity index (χ0) is 16.8. The maximum atomic E-state index is 12.1. The average Bonchev–Trinajstić information content (AvgIpc) is 3.09. The molecular weight excluding hydrogens is 304 g/mol. The predicted octanol–water partition coefficient (Wildman–Crippen LogP) is 1.73. The highest BCUT2D eigenvalue weighted by atomic mass is 16.5. The van der Waals surface area contributed by atoms with Crippen molar-refractivity contribution < 1.29 is 9.53 Å². The molecule has 6 heteroatoms. The Balaban J connectivity index is 1.49. The summed E-state index contributed by atoms with van der Waals surface area (Å²) in [7, 11) is 0. The van der Waals surface area contributed by atoms with Crippen molar-refractivity contribution in [2.75, 3.05) is 24.6 Å². The molecule has 24 heavy (non-hydrogen) atoms. The molecule has 1 amide bonds. The number of anilines is 1. The Morgan fingerprint density at radius 2 is 2.25 bits per heavy atom. The van der Waals surface area contributed by atoms with Gasteiger partial charge in [0, 0.05) is 25.3 Å². The van der Waals surface area contributed by atoms with Gasteiger partial charge in [0.15, 0.2) is 6.61 Å².